The summed E-state index contributed by atoms with van der Waals surface area (Å²) in [5, 5.41) is 0.914. The van der Waals surface area contributed by atoms with Crippen molar-refractivity contribution in [1.82, 2.24) is 0 Å². The molecule has 0 bridgehead atoms. The summed E-state index contributed by atoms with van der Waals surface area (Å²) in [5.41, 5.74) is 0. The fourth-order valence-corrected chi connectivity index (χ4v) is 1.30. The molecule has 0 aliphatic carbocycles. The van der Waals surface area contributed by atoms with Crippen LogP contribution in [0.15, 0.2) is 24.3 Å². The van der Waals surface area contributed by atoms with Crippen molar-refractivity contribution in [2.24, 2.45) is 0 Å². The van der Waals surface area contributed by atoms with E-state index in [1.54, 1.807) is 19.1 Å². The summed E-state index contributed by atoms with van der Waals surface area (Å²) in [4.78, 5) is 11.1. The SMILES string of the molecule is CCC(=O)Oc1cccc(OCCCBr)c1. The van der Waals surface area contributed by atoms with Gasteiger partial charge in [-0.25, -0.2) is 0 Å². The lowest BCUT2D eigenvalue weighted by atomic mass is 10.3. The topological polar surface area (TPSA) is 35.5 Å². The van der Waals surface area contributed by atoms with Crippen LogP contribution in [-0.2, 0) is 4.79 Å². The predicted molar refractivity (Wildman–Crippen MR) is 66.3 cm³/mol. The zero-order valence-electron chi connectivity index (χ0n) is 9.24. The van der Waals surface area contributed by atoms with Crippen molar-refractivity contribution in [3.8, 4) is 11.5 Å². The van der Waals surface area contributed by atoms with Crippen LogP contribution in [0.5, 0.6) is 11.5 Å². The molecule has 0 spiro atoms. The Morgan fingerprint density at radius 1 is 1.38 bits per heavy atom. The Balaban J connectivity index is 2.53. The summed E-state index contributed by atoms with van der Waals surface area (Å²) in [7, 11) is 0. The molecule has 4 heteroatoms. The molecule has 0 radical (unpaired) electrons. The molecule has 0 amide bonds. The second-order valence-electron chi connectivity index (χ2n) is 3.19. The van der Waals surface area contributed by atoms with Gasteiger partial charge in [0.1, 0.15) is 11.5 Å². The average Bonchev–Trinajstić information content (AvgIpc) is 2.30. The number of carbonyl (C=O) groups is 1. The molecule has 3 nitrogen and oxygen atoms in total. The summed E-state index contributed by atoms with van der Waals surface area (Å²) in [6.07, 6.45) is 1.31. The van der Waals surface area contributed by atoms with Crippen molar-refractivity contribution in [2.75, 3.05) is 11.9 Å². The Morgan fingerprint density at radius 3 is 2.81 bits per heavy atom. The number of alkyl halides is 1. The quantitative estimate of drug-likeness (QED) is 0.349. The molecule has 0 aliphatic rings. The Hall–Kier alpha value is -1.03. The Labute approximate surface area is 104 Å². The van der Waals surface area contributed by atoms with Gasteiger partial charge in [-0.1, -0.05) is 28.9 Å². The Morgan fingerprint density at radius 2 is 2.12 bits per heavy atom. The number of benzene rings is 1. The third kappa shape index (κ3) is 4.66. The normalized spacial score (nSPS) is 9.88. The minimum absolute atomic E-state index is 0.238. The maximum Gasteiger partial charge on any atom is 0.310 e. The highest BCUT2D eigenvalue weighted by Crippen LogP contribution is 2.19. The van der Waals surface area contributed by atoms with E-state index in [0.29, 0.717) is 18.8 Å². The lowest BCUT2D eigenvalue weighted by Gasteiger charge is -2.07. The van der Waals surface area contributed by atoms with E-state index in [2.05, 4.69) is 15.9 Å². The summed E-state index contributed by atoms with van der Waals surface area (Å²) >= 11 is 3.33. The summed E-state index contributed by atoms with van der Waals surface area (Å²) in [6.45, 7) is 2.41. The molecular formula is C12H15BrO3. The first-order valence-electron chi connectivity index (χ1n) is 5.25. The summed E-state index contributed by atoms with van der Waals surface area (Å²) < 4.78 is 10.6. The number of esters is 1. The van der Waals surface area contributed by atoms with Crippen LogP contribution in [0.25, 0.3) is 0 Å². The average molecular weight is 287 g/mol. The number of rotatable bonds is 6. The smallest absolute Gasteiger partial charge is 0.310 e. The second-order valence-corrected chi connectivity index (χ2v) is 3.99. The number of carbonyl (C=O) groups excluding carboxylic acids is 1. The van der Waals surface area contributed by atoms with Crippen LogP contribution in [0.1, 0.15) is 19.8 Å². The molecule has 1 aromatic rings. The van der Waals surface area contributed by atoms with E-state index < -0.39 is 0 Å². The van der Waals surface area contributed by atoms with E-state index >= 15 is 0 Å². The first-order valence-corrected chi connectivity index (χ1v) is 6.38. The molecule has 0 heterocycles. The van der Waals surface area contributed by atoms with Crippen LogP contribution >= 0.6 is 15.9 Å². The van der Waals surface area contributed by atoms with Crippen LogP contribution in [-0.4, -0.2) is 17.9 Å². The second kappa shape index (κ2) is 7.28. The Bertz CT molecular complexity index is 339. The Kier molecular flexibility index (Phi) is 5.93. The highest BCUT2D eigenvalue weighted by molar-refractivity contribution is 9.09. The molecule has 0 unspecified atom stereocenters. The standard InChI is InChI=1S/C12H15BrO3/c1-2-12(14)16-11-6-3-5-10(9-11)15-8-4-7-13/h3,5-6,9H,2,4,7-8H2,1H3. The zero-order chi connectivity index (χ0) is 11.8. The van der Waals surface area contributed by atoms with Gasteiger partial charge in [0, 0.05) is 17.8 Å². The van der Waals surface area contributed by atoms with E-state index in [9.17, 15) is 4.79 Å². The molecule has 16 heavy (non-hydrogen) atoms. The van der Waals surface area contributed by atoms with Gasteiger partial charge < -0.3 is 9.47 Å². The number of hydrogen-bond acceptors (Lipinski definition) is 3. The largest absolute Gasteiger partial charge is 0.493 e. The highest BCUT2D eigenvalue weighted by atomic mass is 79.9. The van der Waals surface area contributed by atoms with Crippen LogP contribution in [0.2, 0.25) is 0 Å². The van der Waals surface area contributed by atoms with Crippen molar-refractivity contribution >= 4 is 21.9 Å². The third-order valence-corrected chi connectivity index (χ3v) is 2.43. The van der Waals surface area contributed by atoms with Gasteiger partial charge >= 0.3 is 5.97 Å². The molecule has 0 saturated heterocycles. The fourth-order valence-electron chi connectivity index (χ4n) is 1.08. The zero-order valence-corrected chi connectivity index (χ0v) is 10.8. The van der Waals surface area contributed by atoms with Gasteiger partial charge in [0.2, 0.25) is 0 Å². The minimum Gasteiger partial charge on any atom is -0.493 e. The van der Waals surface area contributed by atoms with Crippen LogP contribution in [0, 0.1) is 0 Å². The molecular weight excluding hydrogens is 272 g/mol. The third-order valence-electron chi connectivity index (χ3n) is 1.87. The summed E-state index contributed by atoms with van der Waals surface area (Å²) in [6, 6.07) is 7.12. The highest BCUT2D eigenvalue weighted by Gasteiger charge is 2.02. The molecule has 0 N–H and O–H groups in total. The maximum atomic E-state index is 11.1. The first kappa shape index (κ1) is 13.0. The molecule has 88 valence electrons. The van der Waals surface area contributed by atoms with Gasteiger partial charge in [0.15, 0.2) is 0 Å². The molecule has 0 aromatic heterocycles. The number of ether oxygens (including phenoxy) is 2. The maximum absolute atomic E-state index is 11.1. The van der Waals surface area contributed by atoms with Crippen molar-refractivity contribution < 1.29 is 14.3 Å². The summed E-state index contributed by atoms with van der Waals surface area (Å²) in [5.74, 6) is 1.02. The molecule has 1 aromatic carbocycles. The molecule has 0 atom stereocenters. The van der Waals surface area contributed by atoms with Gasteiger partial charge in [-0.05, 0) is 18.6 Å². The van der Waals surface area contributed by atoms with Gasteiger partial charge in [0.05, 0.1) is 6.61 Å². The van der Waals surface area contributed by atoms with Crippen molar-refractivity contribution in [3.05, 3.63) is 24.3 Å². The van der Waals surface area contributed by atoms with Gasteiger partial charge in [-0.3, -0.25) is 4.79 Å². The van der Waals surface area contributed by atoms with E-state index in [0.717, 1.165) is 17.5 Å². The predicted octanol–water partition coefficient (Wildman–Crippen LogP) is 3.17. The van der Waals surface area contributed by atoms with E-state index in [-0.39, 0.29) is 5.97 Å². The van der Waals surface area contributed by atoms with E-state index in [1.165, 1.54) is 0 Å². The van der Waals surface area contributed by atoms with Gasteiger partial charge in [0.25, 0.3) is 0 Å². The van der Waals surface area contributed by atoms with Crippen LogP contribution in [0.4, 0.5) is 0 Å². The lowest BCUT2D eigenvalue weighted by Crippen LogP contribution is -2.05. The fraction of sp³-hybridized carbons (Fsp3) is 0.417. The van der Waals surface area contributed by atoms with Crippen LogP contribution in [0.3, 0.4) is 0 Å². The molecule has 0 aliphatic heterocycles. The lowest BCUT2D eigenvalue weighted by molar-refractivity contribution is -0.134. The number of hydrogen-bond donors (Lipinski definition) is 0. The van der Waals surface area contributed by atoms with E-state index in [4.69, 9.17) is 9.47 Å². The van der Waals surface area contributed by atoms with Crippen molar-refractivity contribution in [1.29, 1.82) is 0 Å². The minimum atomic E-state index is -0.238. The van der Waals surface area contributed by atoms with Gasteiger partial charge in [-0.15, -0.1) is 0 Å². The number of halogens is 1. The van der Waals surface area contributed by atoms with Crippen molar-refractivity contribution in [2.45, 2.75) is 19.8 Å². The van der Waals surface area contributed by atoms with Crippen molar-refractivity contribution in [3.63, 3.8) is 0 Å². The van der Waals surface area contributed by atoms with E-state index in [1.807, 2.05) is 12.1 Å². The molecule has 0 saturated carbocycles. The molecule has 0 fully saturated rings. The first-order chi connectivity index (χ1) is 7.76. The van der Waals surface area contributed by atoms with Crippen LogP contribution < -0.4 is 9.47 Å². The van der Waals surface area contributed by atoms with Gasteiger partial charge in [-0.2, -0.15) is 0 Å². The monoisotopic (exact) mass is 286 g/mol. The molecule has 1 rings (SSSR count).